The van der Waals surface area contributed by atoms with Crippen LogP contribution in [0.1, 0.15) is 10.4 Å². The van der Waals surface area contributed by atoms with Crippen molar-refractivity contribution < 1.29 is 36.4 Å². The lowest BCUT2D eigenvalue weighted by molar-refractivity contribution is -0.357. The van der Waals surface area contributed by atoms with Crippen molar-refractivity contribution in [2.45, 2.75) is 0 Å². The van der Waals surface area contributed by atoms with Gasteiger partial charge in [-0.15, -0.1) is 0 Å². The molecule has 4 N–H and O–H groups in total. The maximum absolute atomic E-state index is 12.4. The molecule has 0 spiro atoms. The fraction of sp³-hybridized carbons (Fsp3) is 0.200. The zero-order valence-corrected chi connectivity index (χ0v) is 14.8. The quantitative estimate of drug-likeness (QED) is 0.656. The molecular weight excluding hydrogens is 357 g/mol. The number of nitrogens with one attached hydrogen (secondary N) is 2. The normalized spacial score (nSPS) is 9.67. The lowest BCUT2D eigenvalue weighted by Gasteiger charge is -2.13. The molecule has 0 saturated carbocycles. The number of pyridine rings is 1. The van der Waals surface area contributed by atoms with E-state index in [0.29, 0.717) is 39.5 Å². The SMILES string of the molecule is COc1cc(C(=O)Nc2[nH+]c(Cl)ccc2N)cc(OC)c1OC.[Cl-]. The Morgan fingerprint density at radius 1 is 1.12 bits per heavy atom. The van der Waals surface area contributed by atoms with Crippen LogP contribution in [0.15, 0.2) is 24.3 Å². The minimum atomic E-state index is -0.408. The summed E-state index contributed by atoms with van der Waals surface area (Å²) < 4.78 is 15.7. The average molecular weight is 374 g/mol. The molecule has 24 heavy (non-hydrogen) atoms. The molecule has 1 heterocycles. The first kappa shape index (κ1) is 19.7. The third-order valence-corrected chi connectivity index (χ3v) is 3.33. The van der Waals surface area contributed by atoms with Crippen LogP contribution in [0.25, 0.3) is 0 Å². The largest absolute Gasteiger partial charge is 1.00 e. The van der Waals surface area contributed by atoms with Crippen LogP contribution in [-0.4, -0.2) is 27.2 Å². The molecule has 0 fully saturated rings. The van der Waals surface area contributed by atoms with Crippen molar-refractivity contribution >= 4 is 29.0 Å². The number of rotatable bonds is 5. The number of aromatic amines is 1. The van der Waals surface area contributed by atoms with Gasteiger partial charge in [-0.3, -0.25) is 0 Å². The smallest absolute Gasteiger partial charge is 0.339 e. The molecule has 2 rings (SSSR count). The first-order valence-corrected chi connectivity index (χ1v) is 6.96. The van der Waals surface area contributed by atoms with Crippen molar-refractivity contribution in [3.63, 3.8) is 0 Å². The molecule has 0 unspecified atom stereocenters. The summed E-state index contributed by atoms with van der Waals surface area (Å²) in [6.07, 6.45) is 0. The van der Waals surface area contributed by atoms with Gasteiger partial charge in [-0.2, -0.15) is 0 Å². The van der Waals surface area contributed by atoms with Crippen molar-refractivity contribution in [2.75, 3.05) is 32.4 Å². The van der Waals surface area contributed by atoms with E-state index in [1.54, 1.807) is 12.1 Å². The highest BCUT2D eigenvalue weighted by atomic mass is 35.5. The third kappa shape index (κ3) is 4.12. The Balaban J connectivity index is 0.00000288. The number of anilines is 2. The van der Waals surface area contributed by atoms with Gasteiger partial charge in [0.25, 0.3) is 0 Å². The van der Waals surface area contributed by atoms with Gasteiger partial charge in [0.15, 0.2) is 16.7 Å². The van der Waals surface area contributed by atoms with Crippen molar-refractivity contribution in [3.8, 4) is 17.2 Å². The van der Waals surface area contributed by atoms with Gasteiger partial charge in [-0.1, -0.05) is 0 Å². The molecule has 1 amide bonds. The number of methoxy groups -OCH3 is 3. The van der Waals surface area contributed by atoms with Crippen molar-refractivity contribution in [1.82, 2.24) is 0 Å². The molecule has 9 heteroatoms. The number of amides is 1. The molecule has 0 aliphatic rings. The van der Waals surface area contributed by atoms with Gasteiger partial charge < -0.3 is 32.4 Å². The highest BCUT2D eigenvalue weighted by Gasteiger charge is 2.21. The summed E-state index contributed by atoms with van der Waals surface area (Å²) in [7, 11) is 4.44. The van der Waals surface area contributed by atoms with E-state index in [1.807, 2.05) is 0 Å². The van der Waals surface area contributed by atoms with Gasteiger partial charge in [0.1, 0.15) is 5.69 Å². The van der Waals surface area contributed by atoms with E-state index in [2.05, 4.69) is 10.3 Å². The van der Waals surface area contributed by atoms with Gasteiger partial charge in [-0.25, -0.2) is 15.1 Å². The fourth-order valence-corrected chi connectivity index (χ4v) is 2.14. The van der Waals surface area contributed by atoms with E-state index < -0.39 is 5.91 Å². The van der Waals surface area contributed by atoms with E-state index in [-0.39, 0.29) is 12.4 Å². The number of halogens is 2. The zero-order chi connectivity index (χ0) is 17.0. The molecule has 0 aliphatic heterocycles. The average Bonchev–Trinajstić information content (AvgIpc) is 2.56. The molecule has 7 nitrogen and oxygen atoms in total. The number of hydrogen-bond acceptors (Lipinski definition) is 5. The van der Waals surface area contributed by atoms with Crippen LogP contribution in [0, 0.1) is 0 Å². The number of carbonyl (C=O) groups is 1. The summed E-state index contributed by atoms with van der Waals surface area (Å²) in [5, 5.41) is 3.00. The van der Waals surface area contributed by atoms with Crippen molar-refractivity contribution in [3.05, 3.63) is 35.0 Å². The highest BCUT2D eigenvalue weighted by Crippen LogP contribution is 2.38. The molecule has 0 saturated heterocycles. The molecule has 0 atom stereocenters. The molecule has 130 valence electrons. The van der Waals surface area contributed by atoms with Gasteiger partial charge in [-0.05, 0) is 35.9 Å². The second kappa shape index (κ2) is 8.47. The predicted octanol–water partition coefficient (Wildman–Crippen LogP) is -0.982. The van der Waals surface area contributed by atoms with Gasteiger partial charge in [0, 0.05) is 0 Å². The predicted molar refractivity (Wildman–Crippen MR) is 86.5 cm³/mol. The van der Waals surface area contributed by atoms with Gasteiger partial charge in [0.05, 0.1) is 26.9 Å². The number of carbonyl (C=O) groups excluding carboxylic acids is 1. The molecule has 1 aromatic heterocycles. The Bertz CT molecular complexity index is 716. The third-order valence-electron chi connectivity index (χ3n) is 3.11. The van der Waals surface area contributed by atoms with Crippen LogP contribution in [0.4, 0.5) is 11.5 Å². The molecule has 1 aromatic carbocycles. The monoisotopic (exact) mass is 373 g/mol. The number of nitrogens with two attached hydrogens (primary N) is 1. The number of aromatic nitrogens is 1. The van der Waals surface area contributed by atoms with Crippen LogP contribution in [0.5, 0.6) is 17.2 Å². The number of nitrogen functional groups attached to an aromatic ring is 1. The zero-order valence-electron chi connectivity index (χ0n) is 13.3. The topological polar surface area (TPSA) is 97.0 Å². The van der Waals surface area contributed by atoms with Crippen LogP contribution in [-0.2, 0) is 0 Å². The van der Waals surface area contributed by atoms with Crippen molar-refractivity contribution in [2.24, 2.45) is 0 Å². The lowest BCUT2D eigenvalue weighted by atomic mass is 10.1. The Hall–Kier alpha value is -2.38. The van der Waals surface area contributed by atoms with E-state index in [4.69, 9.17) is 31.5 Å². The Morgan fingerprint density at radius 2 is 1.71 bits per heavy atom. The van der Waals surface area contributed by atoms with E-state index in [0.717, 1.165) is 0 Å². The van der Waals surface area contributed by atoms with E-state index in [9.17, 15) is 4.79 Å². The van der Waals surface area contributed by atoms with Crippen LogP contribution in [0.2, 0.25) is 5.15 Å². The maximum Gasteiger partial charge on any atom is 0.339 e. The van der Waals surface area contributed by atoms with E-state index in [1.165, 1.54) is 33.5 Å². The van der Waals surface area contributed by atoms with E-state index >= 15 is 0 Å². The standard InChI is InChI=1S/C15H16ClN3O4.ClH/c1-21-10-6-8(7-11(22-2)13(10)23-3)15(20)19-14-9(17)4-5-12(16)18-14;/h4-7H,17H2,1-3H3,(H,18,19,20);1H. The minimum absolute atomic E-state index is 0. The summed E-state index contributed by atoms with van der Waals surface area (Å²) in [4.78, 5) is 15.2. The summed E-state index contributed by atoms with van der Waals surface area (Å²) >= 11 is 5.86. The van der Waals surface area contributed by atoms with Crippen LogP contribution >= 0.6 is 11.6 Å². The van der Waals surface area contributed by atoms with Crippen LogP contribution < -0.4 is 42.7 Å². The molecular formula is C15H17Cl2N3O4. The summed E-state index contributed by atoms with van der Waals surface area (Å²) in [6, 6.07) is 6.25. The van der Waals surface area contributed by atoms with Crippen LogP contribution in [0.3, 0.4) is 0 Å². The molecule has 0 radical (unpaired) electrons. The minimum Gasteiger partial charge on any atom is -1.00 e. The Morgan fingerprint density at radius 3 is 2.21 bits per heavy atom. The molecule has 0 bridgehead atoms. The molecule has 0 aliphatic carbocycles. The fourth-order valence-electron chi connectivity index (χ4n) is 1.98. The number of hydrogen-bond donors (Lipinski definition) is 2. The van der Waals surface area contributed by atoms with Gasteiger partial charge >= 0.3 is 11.7 Å². The summed E-state index contributed by atoms with van der Waals surface area (Å²) in [5.41, 5.74) is 6.47. The number of H-pyrrole nitrogens is 1. The summed E-state index contributed by atoms with van der Waals surface area (Å²) in [6.45, 7) is 0. The number of ether oxygens (including phenoxy) is 3. The first-order chi connectivity index (χ1) is 11.0. The second-order valence-corrected chi connectivity index (χ2v) is 4.91. The molecule has 2 aromatic rings. The Kier molecular flexibility index (Phi) is 6.94. The Labute approximate surface area is 150 Å². The number of benzene rings is 1. The second-order valence-electron chi connectivity index (χ2n) is 4.50. The van der Waals surface area contributed by atoms with Gasteiger partial charge in [0.2, 0.25) is 5.75 Å². The lowest BCUT2D eigenvalue weighted by Crippen LogP contribution is -3.00. The van der Waals surface area contributed by atoms with Crippen molar-refractivity contribution in [1.29, 1.82) is 0 Å². The summed E-state index contributed by atoms with van der Waals surface area (Å²) in [5.74, 6) is 1.05. The first-order valence-electron chi connectivity index (χ1n) is 6.58. The maximum atomic E-state index is 12.4. The highest BCUT2D eigenvalue weighted by molar-refractivity contribution is 6.28.